The van der Waals surface area contributed by atoms with Crippen LogP contribution < -0.4 is 20.1 Å². The maximum atomic E-state index is 13.4. The molecule has 1 aliphatic carbocycles. The standard InChI is InChI=1S/C24H27N3O3S/c1-15-7-9-18-21(12-15)31-24(26-14-16-6-4-5-11-25-16)22(18)23(28)27-19-10-8-17(29-2)13-20(19)30-3/h4-6,8,10-11,13,15,26H,7,9,12,14H2,1-3H3,(H,27,28). The van der Waals surface area contributed by atoms with Crippen LogP contribution in [0.2, 0.25) is 0 Å². The van der Waals surface area contributed by atoms with Crippen LogP contribution in [0.25, 0.3) is 0 Å². The van der Waals surface area contributed by atoms with Crippen molar-refractivity contribution in [3.05, 3.63) is 64.3 Å². The van der Waals surface area contributed by atoms with E-state index in [1.54, 1.807) is 43.9 Å². The number of thiophene rings is 1. The molecule has 0 aliphatic heterocycles. The van der Waals surface area contributed by atoms with E-state index in [0.717, 1.165) is 41.1 Å². The van der Waals surface area contributed by atoms with E-state index in [2.05, 4.69) is 22.5 Å². The first-order valence-electron chi connectivity index (χ1n) is 10.4. The summed E-state index contributed by atoms with van der Waals surface area (Å²) in [5.41, 5.74) is 3.45. The van der Waals surface area contributed by atoms with Crippen molar-refractivity contribution in [2.24, 2.45) is 5.92 Å². The lowest BCUT2D eigenvalue weighted by atomic mass is 9.88. The zero-order valence-corrected chi connectivity index (χ0v) is 18.8. The summed E-state index contributed by atoms with van der Waals surface area (Å²) >= 11 is 1.69. The van der Waals surface area contributed by atoms with Gasteiger partial charge in [0, 0.05) is 17.1 Å². The van der Waals surface area contributed by atoms with Gasteiger partial charge < -0.3 is 20.1 Å². The predicted octanol–water partition coefficient (Wildman–Crippen LogP) is 5.15. The Balaban J connectivity index is 1.63. The fourth-order valence-electron chi connectivity index (χ4n) is 3.88. The molecule has 2 aromatic heterocycles. The van der Waals surface area contributed by atoms with Gasteiger partial charge in [0.15, 0.2) is 0 Å². The molecular weight excluding hydrogens is 410 g/mol. The van der Waals surface area contributed by atoms with Crippen molar-refractivity contribution in [2.45, 2.75) is 32.7 Å². The molecular formula is C24H27N3O3S. The summed E-state index contributed by atoms with van der Waals surface area (Å²) < 4.78 is 10.7. The summed E-state index contributed by atoms with van der Waals surface area (Å²) in [6.45, 7) is 2.84. The molecule has 1 aromatic carbocycles. The fourth-order valence-corrected chi connectivity index (χ4v) is 5.28. The number of methoxy groups -OCH3 is 2. The number of nitrogens with one attached hydrogen (secondary N) is 2. The third-order valence-corrected chi connectivity index (χ3v) is 6.76. The molecule has 1 atom stereocenters. The van der Waals surface area contributed by atoms with E-state index in [1.165, 1.54) is 4.88 Å². The second-order valence-electron chi connectivity index (χ2n) is 7.75. The second kappa shape index (κ2) is 9.39. The molecule has 7 heteroatoms. The number of benzene rings is 1. The third-order valence-electron chi connectivity index (χ3n) is 5.55. The molecule has 0 saturated carbocycles. The number of fused-ring (bicyclic) bond motifs is 1. The fraction of sp³-hybridized carbons (Fsp3) is 0.333. The van der Waals surface area contributed by atoms with Crippen LogP contribution in [0.3, 0.4) is 0 Å². The van der Waals surface area contributed by atoms with Crippen LogP contribution in [-0.4, -0.2) is 25.1 Å². The highest BCUT2D eigenvalue weighted by Gasteiger charge is 2.28. The number of ether oxygens (including phenoxy) is 2. The Kier molecular flexibility index (Phi) is 6.42. The monoisotopic (exact) mass is 437 g/mol. The Bertz CT molecular complexity index is 1070. The van der Waals surface area contributed by atoms with E-state index in [-0.39, 0.29) is 5.91 Å². The first-order chi connectivity index (χ1) is 15.1. The van der Waals surface area contributed by atoms with Gasteiger partial charge in [0.25, 0.3) is 5.91 Å². The van der Waals surface area contributed by atoms with E-state index in [4.69, 9.17) is 9.47 Å². The number of hydrogen-bond donors (Lipinski definition) is 2. The lowest BCUT2D eigenvalue weighted by Crippen LogP contribution is -2.18. The second-order valence-corrected chi connectivity index (χ2v) is 8.86. The minimum absolute atomic E-state index is 0.126. The number of nitrogens with zero attached hydrogens (tertiary/aromatic N) is 1. The molecule has 2 N–H and O–H groups in total. The lowest BCUT2D eigenvalue weighted by molar-refractivity contribution is 0.102. The first kappa shape index (κ1) is 21.2. The van der Waals surface area contributed by atoms with Crippen LogP contribution >= 0.6 is 11.3 Å². The van der Waals surface area contributed by atoms with E-state index < -0.39 is 0 Å². The molecule has 162 valence electrons. The van der Waals surface area contributed by atoms with Gasteiger partial charge in [-0.3, -0.25) is 9.78 Å². The molecule has 3 aromatic rings. The molecule has 0 spiro atoms. The molecule has 1 unspecified atom stereocenters. The van der Waals surface area contributed by atoms with Gasteiger partial charge in [0.2, 0.25) is 0 Å². The van der Waals surface area contributed by atoms with E-state index in [0.29, 0.717) is 29.6 Å². The van der Waals surface area contributed by atoms with Gasteiger partial charge in [-0.15, -0.1) is 11.3 Å². The number of carbonyl (C=O) groups excluding carboxylic acids is 1. The molecule has 2 heterocycles. The largest absolute Gasteiger partial charge is 0.497 e. The minimum atomic E-state index is -0.126. The molecule has 31 heavy (non-hydrogen) atoms. The summed E-state index contributed by atoms with van der Waals surface area (Å²) in [7, 11) is 3.18. The summed E-state index contributed by atoms with van der Waals surface area (Å²) in [5.74, 6) is 1.74. The molecule has 1 amide bonds. The highest BCUT2D eigenvalue weighted by atomic mass is 32.1. The van der Waals surface area contributed by atoms with Gasteiger partial charge in [-0.1, -0.05) is 13.0 Å². The molecule has 0 fully saturated rings. The van der Waals surface area contributed by atoms with Gasteiger partial charge in [0.1, 0.15) is 16.5 Å². The molecule has 0 saturated heterocycles. The predicted molar refractivity (Wildman–Crippen MR) is 125 cm³/mol. The van der Waals surface area contributed by atoms with Gasteiger partial charge in [-0.2, -0.15) is 0 Å². The van der Waals surface area contributed by atoms with E-state index in [1.807, 2.05) is 24.3 Å². The molecule has 0 bridgehead atoms. The van der Waals surface area contributed by atoms with Crippen molar-refractivity contribution >= 4 is 27.9 Å². The Morgan fingerprint density at radius 2 is 2.10 bits per heavy atom. The Morgan fingerprint density at radius 3 is 2.84 bits per heavy atom. The lowest BCUT2D eigenvalue weighted by Gasteiger charge is -2.19. The maximum Gasteiger partial charge on any atom is 0.259 e. The third kappa shape index (κ3) is 4.66. The number of anilines is 2. The zero-order chi connectivity index (χ0) is 21.8. The topological polar surface area (TPSA) is 72.5 Å². The average molecular weight is 438 g/mol. The van der Waals surface area contributed by atoms with Crippen molar-refractivity contribution in [3.63, 3.8) is 0 Å². The zero-order valence-electron chi connectivity index (χ0n) is 18.0. The van der Waals surface area contributed by atoms with Crippen molar-refractivity contribution in [1.29, 1.82) is 0 Å². The molecule has 0 radical (unpaired) electrons. The van der Waals surface area contributed by atoms with Crippen molar-refractivity contribution in [2.75, 3.05) is 24.9 Å². The average Bonchev–Trinajstić information content (AvgIpc) is 3.16. The van der Waals surface area contributed by atoms with Crippen LogP contribution in [0.4, 0.5) is 10.7 Å². The number of carbonyl (C=O) groups is 1. The van der Waals surface area contributed by atoms with E-state index >= 15 is 0 Å². The number of rotatable bonds is 7. The highest BCUT2D eigenvalue weighted by Crippen LogP contribution is 2.40. The SMILES string of the molecule is COc1ccc(NC(=O)c2c(NCc3ccccn3)sc3c2CCC(C)C3)c(OC)c1. The molecule has 4 rings (SSSR count). The Hall–Kier alpha value is -3.06. The Labute approximate surface area is 186 Å². The summed E-state index contributed by atoms with van der Waals surface area (Å²) in [6.07, 6.45) is 4.80. The van der Waals surface area contributed by atoms with Gasteiger partial charge in [-0.05, 0) is 55.0 Å². The smallest absolute Gasteiger partial charge is 0.259 e. The Morgan fingerprint density at radius 1 is 1.23 bits per heavy atom. The maximum absolute atomic E-state index is 13.4. The van der Waals surface area contributed by atoms with Gasteiger partial charge >= 0.3 is 0 Å². The van der Waals surface area contributed by atoms with Crippen LogP contribution in [0, 0.1) is 5.92 Å². The molecule has 6 nitrogen and oxygen atoms in total. The normalized spacial score (nSPS) is 15.1. The van der Waals surface area contributed by atoms with Crippen LogP contribution in [0.15, 0.2) is 42.6 Å². The summed E-state index contributed by atoms with van der Waals surface area (Å²) in [6, 6.07) is 11.2. The van der Waals surface area contributed by atoms with Crippen molar-refractivity contribution < 1.29 is 14.3 Å². The van der Waals surface area contributed by atoms with Crippen LogP contribution in [-0.2, 0) is 19.4 Å². The quantitative estimate of drug-likeness (QED) is 0.535. The summed E-state index contributed by atoms with van der Waals surface area (Å²) in [4.78, 5) is 19.1. The summed E-state index contributed by atoms with van der Waals surface area (Å²) in [5, 5.41) is 7.40. The van der Waals surface area contributed by atoms with Crippen LogP contribution in [0.1, 0.15) is 39.8 Å². The number of pyridine rings is 1. The highest BCUT2D eigenvalue weighted by molar-refractivity contribution is 7.16. The molecule has 1 aliphatic rings. The van der Waals surface area contributed by atoms with Crippen molar-refractivity contribution in [3.8, 4) is 11.5 Å². The number of amides is 1. The van der Waals surface area contributed by atoms with Gasteiger partial charge in [0.05, 0.1) is 37.7 Å². The van der Waals surface area contributed by atoms with Crippen LogP contribution in [0.5, 0.6) is 11.5 Å². The number of hydrogen-bond acceptors (Lipinski definition) is 6. The number of aromatic nitrogens is 1. The van der Waals surface area contributed by atoms with Crippen molar-refractivity contribution in [1.82, 2.24) is 4.98 Å². The van der Waals surface area contributed by atoms with Gasteiger partial charge in [-0.25, -0.2) is 0 Å². The van der Waals surface area contributed by atoms with E-state index in [9.17, 15) is 4.79 Å². The minimum Gasteiger partial charge on any atom is -0.497 e. The first-order valence-corrected chi connectivity index (χ1v) is 11.2.